The number of hydrogen-bond donors (Lipinski definition) is 1. The third kappa shape index (κ3) is 5.85. The number of anilines is 1. The Bertz CT molecular complexity index is 884. The van der Waals surface area contributed by atoms with Crippen molar-refractivity contribution < 1.29 is 28.6 Å². The van der Waals surface area contributed by atoms with Gasteiger partial charge in [0.2, 0.25) is 0 Å². The molecule has 144 valence electrons. The predicted octanol–water partition coefficient (Wildman–Crippen LogP) is 2.29. The first-order chi connectivity index (χ1) is 13.4. The Labute approximate surface area is 161 Å². The van der Waals surface area contributed by atoms with E-state index in [9.17, 15) is 14.4 Å². The SMILES string of the molecule is COC(=O)c1ccc(NC(=O)COC(=O)[C@@H](C)Oc2ccc(C#N)cc2)cc1. The predicted molar refractivity (Wildman–Crippen MR) is 98.6 cm³/mol. The summed E-state index contributed by atoms with van der Waals surface area (Å²) in [5, 5.41) is 11.3. The third-order valence-electron chi connectivity index (χ3n) is 3.56. The molecule has 8 heteroatoms. The Kier molecular flexibility index (Phi) is 7.11. The molecule has 0 aliphatic carbocycles. The molecule has 0 saturated heterocycles. The van der Waals surface area contributed by atoms with Gasteiger partial charge in [-0.1, -0.05) is 0 Å². The molecule has 8 nitrogen and oxygen atoms in total. The second-order valence-electron chi connectivity index (χ2n) is 5.62. The highest BCUT2D eigenvalue weighted by Gasteiger charge is 2.18. The molecule has 2 rings (SSSR count). The van der Waals surface area contributed by atoms with Gasteiger partial charge in [0.1, 0.15) is 5.75 Å². The summed E-state index contributed by atoms with van der Waals surface area (Å²) in [5.41, 5.74) is 1.26. The van der Waals surface area contributed by atoms with E-state index in [-0.39, 0.29) is 0 Å². The number of amides is 1. The summed E-state index contributed by atoms with van der Waals surface area (Å²) < 4.78 is 14.9. The van der Waals surface area contributed by atoms with E-state index in [1.54, 1.807) is 24.3 Å². The average molecular weight is 382 g/mol. The molecule has 1 N–H and O–H groups in total. The van der Waals surface area contributed by atoms with Gasteiger partial charge in [0, 0.05) is 5.69 Å². The summed E-state index contributed by atoms with van der Waals surface area (Å²) >= 11 is 0. The van der Waals surface area contributed by atoms with Crippen molar-refractivity contribution in [3.05, 3.63) is 59.7 Å². The minimum Gasteiger partial charge on any atom is -0.479 e. The van der Waals surface area contributed by atoms with Crippen LogP contribution < -0.4 is 10.1 Å². The Morgan fingerprint density at radius 1 is 1.07 bits per heavy atom. The van der Waals surface area contributed by atoms with Crippen LogP contribution in [0.1, 0.15) is 22.8 Å². The molecule has 1 amide bonds. The van der Waals surface area contributed by atoms with Crippen molar-refractivity contribution in [3.63, 3.8) is 0 Å². The summed E-state index contributed by atoms with van der Waals surface area (Å²) in [7, 11) is 1.28. The summed E-state index contributed by atoms with van der Waals surface area (Å²) in [6, 6.07) is 14.3. The van der Waals surface area contributed by atoms with Gasteiger partial charge in [-0.15, -0.1) is 0 Å². The Morgan fingerprint density at radius 2 is 1.71 bits per heavy atom. The maximum atomic E-state index is 11.9. The second-order valence-corrected chi connectivity index (χ2v) is 5.62. The average Bonchev–Trinajstić information content (AvgIpc) is 2.72. The minimum absolute atomic E-state index is 0.348. The molecule has 0 aliphatic heterocycles. The van der Waals surface area contributed by atoms with Crippen molar-refractivity contribution in [3.8, 4) is 11.8 Å². The van der Waals surface area contributed by atoms with Crippen LogP contribution in [0, 0.1) is 11.3 Å². The van der Waals surface area contributed by atoms with Crippen LogP contribution in [0.25, 0.3) is 0 Å². The highest BCUT2D eigenvalue weighted by atomic mass is 16.6. The molecule has 1 atom stereocenters. The van der Waals surface area contributed by atoms with E-state index in [2.05, 4.69) is 10.1 Å². The lowest BCUT2D eigenvalue weighted by Crippen LogP contribution is -2.29. The van der Waals surface area contributed by atoms with E-state index in [1.165, 1.54) is 38.3 Å². The molecule has 0 radical (unpaired) electrons. The summed E-state index contributed by atoms with van der Waals surface area (Å²) in [6.45, 7) is 1.00. The maximum Gasteiger partial charge on any atom is 0.347 e. The summed E-state index contributed by atoms with van der Waals surface area (Å²) in [4.78, 5) is 35.2. The Morgan fingerprint density at radius 3 is 2.29 bits per heavy atom. The van der Waals surface area contributed by atoms with Gasteiger partial charge in [-0.2, -0.15) is 5.26 Å². The third-order valence-corrected chi connectivity index (χ3v) is 3.56. The van der Waals surface area contributed by atoms with Gasteiger partial charge in [0.25, 0.3) is 5.91 Å². The molecule has 0 saturated carbocycles. The smallest absolute Gasteiger partial charge is 0.347 e. The molecule has 0 bridgehead atoms. The lowest BCUT2D eigenvalue weighted by molar-refractivity contribution is -0.153. The van der Waals surface area contributed by atoms with Crippen LogP contribution in [0.2, 0.25) is 0 Å². The number of benzene rings is 2. The van der Waals surface area contributed by atoms with Crippen LogP contribution in [0.5, 0.6) is 5.75 Å². The van der Waals surface area contributed by atoms with E-state index in [1.807, 2.05) is 6.07 Å². The van der Waals surface area contributed by atoms with E-state index in [0.29, 0.717) is 22.6 Å². The van der Waals surface area contributed by atoms with E-state index < -0.39 is 30.6 Å². The van der Waals surface area contributed by atoms with Gasteiger partial charge < -0.3 is 19.5 Å². The van der Waals surface area contributed by atoms with Gasteiger partial charge in [0.15, 0.2) is 12.7 Å². The zero-order valence-corrected chi connectivity index (χ0v) is 15.3. The van der Waals surface area contributed by atoms with Gasteiger partial charge in [-0.3, -0.25) is 4.79 Å². The van der Waals surface area contributed by atoms with E-state index >= 15 is 0 Å². The Balaban J connectivity index is 1.80. The number of hydrogen-bond acceptors (Lipinski definition) is 7. The first-order valence-electron chi connectivity index (χ1n) is 8.24. The van der Waals surface area contributed by atoms with E-state index in [4.69, 9.17) is 14.7 Å². The van der Waals surface area contributed by atoms with Crippen LogP contribution in [0.15, 0.2) is 48.5 Å². The Hall–Kier alpha value is -3.86. The number of nitriles is 1. The highest BCUT2D eigenvalue weighted by molar-refractivity contribution is 5.94. The van der Waals surface area contributed by atoms with Gasteiger partial charge >= 0.3 is 11.9 Å². The minimum atomic E-state index is -0.930. The van der Waals surface area contributed by atoms with Crippen LogP contribution in [-0.4, -0.2) is 37.7 Å². The van der Waals surface area contributed by atoms with Crippen LogP contribution in [-0.2, 0) is 19.1 Å². The lowest BCUT2D eigenvalue weighted by Gasteiger charge is -2.14. The first-order valence-corrected chi connectivity index (χ1v) is 8.24. The normalized spacial score (nSPS) is 10.9. The van der Waals surface area contributed by atoms with Crippen molar-refractivity contribution in [1.82, 2.24) is 0 Å². The number of carbonyl (C=O) groups is 3. The van der Waals surface area contributed by atoms with Crippen LogP contribution in [0.4, 0.5) is 5.69 Å². The summed E-state index contributed by atoms with van der Waals surface area (Å²) in [6.07, 6.45) is -0.930. The number of nitrogens with one attached hydrogen (secondary N) is 1. The number of rotatable bonds is 7. The molecule has 2 aromatic carbocycles. The quantitative estimate of drug-likeness (QED) is 0.731. The van der Waals surface area contributed by atoms with E-state index in [0.717, 1.165) is 0 Å². The number of nitrogens with zero attached hydrogens (tertiary/aromatic N) is 1. The van der Waals surface area contributed by atoms with Crippen molar-refractivity contribution >= 4 is 23.5 Å². The lowest BCUT2D eigenvalue weighted by atomic mass is 10.2. The molecule has 0 unspecified atom stereocenters. The fourth-order valence-corrected chi connectivity index (χ4v) is 2.12. The first kappa shape index (κ1) is 20.5. The molecule has 0 fully saturated rings. The fourth-order valence-electron chi connectivity index (χ4n) is 2.12. The van der Waals surface area contributed by atoms with Crippen molar-refractivity contribution in [2.45, 2.75) is 13.0 Å². The topological polar surface area (TPSA) is 115 Å². The van der Waals surface area contributed by atoms with Crippen molar-refractivity contribution in [2.24, 2.45) is 0 Å². The summed E-state index contributed by atoms with van der Waals surface area (Å²) in [5.74, 6) is -1.33. The zero-order valence-electron chi connectivity index (χ0n) is 15.3. The molecule has 0 aromatic heterocycles. The van der Waals surface area contributed by atoms with Crippen molar-refractivity contribution in [2.75, 3.05) is 19.0 Å². The number of esters is 2. The second kappa shape index (κ2) is 9.73. The van der Waals surface area contributed by atoms with Gasteiger partial charge in [-0.25, -0.2) is 9.59 Å². The molecular weight excluding hydrogens is 364 g/mol. The highest BCUT2D eigenvalue weighted by Crippen LogP contribution is 2.14. The molecular formula is C20H18N2O6. The van der Waals surface area contributed by atoms with Gasteiger partial charge in [-0.05, 0) is 55.5 Å². The van der Waals surface area contributed by atoms with Crippen molar-refractivity contribution in [1.29, 1.82) is 5.26 Å². The maximum absolute atomic E-state index is 11.9. The van der Waals surface area contributed by atoms with Crippen LogP contribution in [0.3, 0.4) is 0 Å². The number of methoxy groups -OCH3 is 1. The molecule has 0 aliphatic rings. The number of carbonyl (C=O) groups excluding carboxylic acids is 3. The molecule has 0 spiro atoms. The standard InChI is InChI=1S/C20H18N2O6/c1-13(28-17-9-3-14(11-21)4-10-17)19(24)27-12-18(23)22-16-7-5-15(6-8-16)20(25)26-2/h3-10,13H,12H2,1-2H3,(H,22,23)/t13-/m1/s1. The van der Waals surface area contributed by atoms with Gasteiger partial charge in [0.05, 0.1) is 24.3 Å². The monoisotopic (exact) mass is 382 g/mol. The number of ether oxygens (including phenoxy) is 3. The zero-order chi connectivity index (χ0) is 20.5. The molecule has 0 heterocycles. The fraction of sp³-hybridized carbons (Fsp3) is 0.200. The molecule has 28 heavy (non-hydrogen) atoms. The molecule has 2 aromatic rings. The van der Waals surface area contributed by atoms with Crippen LogP contribution >= 0.6 is 0 Å². The largest absolute Gasteiger partial charge is 0.479 e.